The first-order chi connectivity index (χ1) is 15.5. The molecule has 3 heterocycles. The summed E-state index contributed by atoms with van der Waals surface area (Å²) in [6.07, 6.45) is 5.67. The first-order valence-electron chi connectivity index (χ1n) is 11.6. The fourth-order valence-corrected chi connectivity index (χ4v) is 4.53. The van der Waals surface area contributed by atoms with Crippen LogP contribution in [0.3, 0.4) is 0 Å². The van der Waals surface area contributed by atoms with Crippen LogP contribution in [0.15, 0.2) is 36.5 Å². The minimum absolute atomic E-state index is 0.124. The van der Waals surface area contributed by atoms with Gasteiger partial charge in [0, 0.05) is 39.2 Å². The molecule has 2 aliphatic rings. The van der Waals surface area contributed by atoms with Crippen molar-refractivity contribution in [1.82, 2.24) is 9.97 Å². The second-order valence-electron chi connectivity index (χ2n) is 9.05. The molecule has 0 N–H and O–H groups in total. The molecule has 7 nitrogen and oxygen atoms in total. The maximum atomic E-state index is 11.4. The van der Waals surface area contributed by atoms with Crippen molar-refractivity contribution < 1.29 is 14.3 Å². The summed E-state index contributed by atoms with van der Waals surface area (Å²) in [6, 6.07) is 10.5. The number of Topliss-reactive ketones (excluding diaryl/α,β-unsaturated/α-hetero) is 1. The van der Waals surface area contributed by atoms with E-state index in [4.69, 9.17) is 14.5 Å². The van der Waals surface area contributed by atoms with Crippen molar-refractivity contribution in [3.8, 4) is 5.75 Å². The van der Waals surface area contributed by atoms with Crippen molar-refractivity contribution in [3.63, 3.8) is 0 Å². The van der Waals surface area contributed by atoms with E-state index in [0.29, 0.717) is 12.5 Å². The number of ether oxygens (including phenoxy) is 2. The Morgan fingerprint density at radius 3 is 2.81 bits per heavy atom. The van der Waals surface area contributed by atoms with Crippen LogP contribution in [-0.4, -0.2) is 61.2 Å². The lowest BCUT2D eigenvalue weighted by atomic mass is 9.96. The van der Waals surface area contributed by atoms with E-state index < -0.39 is 0 Å². The van der Waals surface area contributed by atoms with Gasteiger partial charge in [-0.25, -0.2) is 4.98 Å². The van der Waals surface area contributed by atoms with Crippen LogP contribution in [0.4, 0.5) is 11.8 Å². The molecule has 2 aromatic rings. The lowest BCUT2D eigenvalue weighted by Gasteiger charge is -2.31. The van der Waals surface area contributed by atoms with Crippen molar-refractivity contribution in [2.45, 2.75) is 57.6 Å². The summed E-state index contributed by atoms with van der Waals surface area (Å²) in [5.74, 6) is 3.01. The van der Waals surface area contributed by atoms with Crippen molar-refractivity contribution in [2.24, 2.45) is 0 Å². The Labute approximate surface area is 190 Å². The zero-order valence-electron chi connectivity index (χ0n) is 19.4. The van der Waals surface area contributed by atoms with E-state index in [1.165, 1.54) is 5.56 Å². The molecule has 2 saturated heterocycles. The van der Waals surface area contributed by atoms with Gasteiger partial charge in [0.25, 0.3) is 0 Å². The molecule has 1 aromatic carbocycles. The van der Waals surface area contributed by atoms with Crippen LogP contribution in [0, 0.1) is 0 Å². The van der Waals surface area contributed by atoms with E-state index in [-0.39, 0.29) is 17.8 Å². The van der Waals surface area contributed by atoms with Crippen LogP contribution < -0.4 is 14.5 Å². The zero-order chi connectivity index (χ0) is 22.5. The summed E-state index contributed by atoms with van der Waals surface area (Å²) in [5, 5.41) is 0. The Balaban J connectivity index is 1.34. The molecule has 32 heavy (non-hydrogen) atoms. The molecule has 0 bridgehead atoms. The van der Waals surface area contributed by atoms with Gasteiger partial charge in [-0.05, 0) is 49.4 Å². The monoisotopic (exact) mass is 438 g/mol. The summed E-state index contributed by atoms with van der Waals surface area (Å²) in [7, 11) is 2.05. The molecule has 3 atom stereocenters. The standard InChI is InChI=1S/C25H34N4O3/c1-18(15-19(2)30)20-6-8-22(9-7-20)32-23-11-13-29(16-23)24-10-12-26-25(27-24)28(3)21-5-4-14-31-17-21/h6-10,12,18,21,23H,4-5,11,13-17H2,1-3H3/t18-,21?,23-/m1/s1. The Kier molecular flexibility index (Phi) is 7.25. The molecule has 0 amide bonds. The number of hydrogen-bond donors (Lipinski definition) is 0. The van der Waals surface area contributed by atoms with E-state index in [2.05, 4.69) is 40.9 Å². The third-order valence-electron chi connectivity index (χ3n) is 6.44. The molecule has 0 saturated carbocycles. The van der Waals surface area contributed by atoms with Crippen molar-refractivity contribution in [2.75, 3.05) is 43.2 Å². The summed E-state index contributed by atoms with van der Waals surface area (Å²) in [6.45, 7) is 7.01. The molecular weight excluding hydrogens is 404 g/mol. The molecule has 1 aromatic heterocycles. The predicted molar refractivity (Wildman–Crippen MR) is 126 cm³/mol. The second-order valence-corrected chi connectivity index (χ2v) is 9.05. The van der Waals surface area contributed by atoms with Gasteiger partial charge < -0.3 is 24.1 Å². The van der Waals surface area contributed by atoms with Gasteiger partial charge in [0.1, 0.15) is 23.5 Å². The highest BCUT2D eigenvalue weighted by Crippen LogP contribution is 2.26. The van der Waals surface area contributed by atoms with Crippen LogP contribution in [0.25, 0.3) is 0 Å². The van der Waals surface area contributed by atoms with E-state index in [0.717, 1.165) is 63.1 Å². The fourth-order valence-electron chi connectivity index (χ4n) is 4.53. The molecule has 2 fully saturated rings. The number of carbonyl (C=O) groups is 1. The topological polar surface area (TPSA) is 67.8 Å². The van der Waals surface area contributed by atoms with Crippen LogP contribution in [0.2, 0.25) is 0 Å². The number of hydrogen-bond acceptors (Lipinski definition) is 7. The summed E-state index contributed by atoms with van der Waals surface area (Å²) in [5.41, 5.74) is 1.17. The highest BCUT2D eigenvalue weighted by molar-refractivity contribution is 5.76. The predicted octanol–water partition coefficient (Wildman–Crippen LogP) is 3.83. The van der Waals surface area contributed by atoms with Gasteiger partial charge in [0.2, 0.25) is 5.95 Å². The Bertz CT molecular complexity index is 898. The maximum Gasteiger partial charge on any atom is 0.227 e. The Morgan fingerprint density at radius 1 is 1.28 bits per heavy atom. The molecule has 7 heteroatoms. The van der Waals surface area contributed by atoms with Crippen molar-refractivity contribution in [3.05, 3.63) is 42.1 Å². The van der Waals surface area contributed by atoms with Crippen molar-refractivity contribution in [1.29, 1.82) is 0 Å². The quantitative estimate of drug-likeness (QED) is 0.620. The van der Waals surface area contributed by atoms with Crippen LogP contribution in [-0.2, 0) is 9.53 Å². The second kappa shape index (κ2) is 10.3. The van der Waals surface area contributed by atoms with Gasteiger partial charge in [-0.3, -0.25) is 0 Å². The largest absolute Gasteiger partial charge is 0.489 e. The van der Waals surface area contributed by atoms with E-state index in [9.17, 15) is 4.79 Å². The number of carbonyl (C=O) groups excluding carboxylic acids is 1. The average Bonchev–Trinajstić information content (AvgIpc) is 3.28. The van der Waals surface area contributed by atoms with Gasteiger partial charge in [-0.2, -0.15) is 4.98 Å². The number of aromatic nitrogens is 2. The smallest absolute Gasteiger partial charge is 0.227 e. The Hall–Kier alpha value is -2.67. The van der Waals surface area contributed by atoms with E-state index in [1.807, 2.05) is 24.4 Å². The minimum Gasteiger partial charge on any atom is -0.489 e. The lowest BCUT2D eigenvalue weighted by Crippen LogP contribution is -2.39. The number of benzene rings is 1. The van der Waals surface area contributed by atoms with E-state index in [1.54, 1.807) is 6.92 Å². The Morgan fingerprint density at radius 2 is 2.09 bits per heavy atom. The minimum atomic E-state index is 0.124. The summed E-state index contributed by atoms with van der Waals surface area (Å²) in [4.78, 5) is 25.1. The number of rotatable bonds is 8. The van der Waals surface area contributed by atoms with Crippen LogP contribution in [0.5, 0.6) is 5.75 Å². The third-order valence-corrected chi connectivity index (χ3v) is 6.44. The van der Waals surface area contributed by atoms with Crippen LogP contribution >= 0.6 is 0 Å². The molecule has 0 radical (unpaired) electrons. The first-order valence-corrected chi connectivity index (χ1v) is 11.6. The first kappa shape index (κ1) is 22.5. The van der Waals surface area contributed by atoms with Crippen LogP contribution in [0.1, 0.15) is 51.0 Å². The zero-order valence-corrected chi connectivity index (χ0v) is 19.4. The van der Waals surface area contributed by atoms with Crippen molar-refractivity contribution >= 4 is 17.5 Å². The summed E-state index contributed by atoms with van der Waals surface area (Å²) >= 11 is 0. The molecule has 1 unspecified atom stereocenters. The van der Waals surface area contributed by atoms with Gasteiger partial charge in [-0.1, -0.05) is 19.1 Å². The number of anilines is 2. The van der Waals surface area contributed by atoms with E-state index >= 15 is 0 Å². The molecule has 4 rings (SSSR count). The van der Waals surface area contributed by atoms with Gasteiger partial charge >= 0.3 is 0 Å². The molecule has 172 valence electrons. The highest BCUT2D eigenvalue weighted by Gasteiger charge is 2.27. The van der Waals surface area contributed by atoms with Gasteiger partial charge in [0.15, 0.2) is 0 Å². The number of ketones is 1. The number of likely N-dealkylation sites (N-methyl/N-ethyl adjacent to an activating group) is 1. The normalized spacial score (nSPS) is 21.9. The molecular formula is C25H34N4O3. The average molecular weight is 439 g/mol. The molecule has 0 aliphatic carbocycles. The fraction of sp³-hybridized carbons (Fsp3) is 0.560. The summed E-state index contributed by atoms with van der Waals surface area (Å²) < 4.78 is 11.9. The van der Waals surface area contributed by atoms with Gasteiger partial charge in [-0.15, -0.1) is 0 Å². The molecule has 2 aliphatic heterocycles. The maximum absolute atomic E-state index is 11.4. The van der Waals surface area contributed by atoms with Gasteiger partial charge in [0.05, 0.1) is 19.2 Å². The number of nitrogens with zero attached hydrogens (tertiary/aromatic N) is 4. The SMILES string of the molecule is CC(=O)C[C@@H](C)c1ccc(O[C@@H]2CCN(c3ccnc(N(C)C4CCCOC4)n3)C2)cc1. The highest BCUT2D eigenvalue weighted by atomic mass is 16.5. The third kappa shape index (κ3) is 5.57. The molecule has 0 spiro atoms. The lowest BCUT2D eigenvalue weighted by molar-refractivity contribution is -0.117.